The third-order valence-corrected chi connectivity index (χ3v) is 5.04. The molecule has 0 saturated heterocycles. The van der Waals surface area contributed by atoms with Gasteiger partial charge in [-0.1, -0.05) is 12.1 Å². The van der Waals surface area contributed by atoms with Gasteiger partial charge < -0.3 is 25.3 Å². The van der Waals surface area contributed by atoms with Crippen molar-refractivity contribution in [2.24, 2.45) is 0 Å². The lowest BCUT2D eigenvalue weighted by molar-refractivity contribution is -0.143. The van der Waals surface area contributed by atoms with Gasteiger partial charge in [0.05, 0.1) is 32.5 Å². The van der Waals surface area contributed by atoms with E-state index in [2.05, 4.69) is 25.3 Å². The van der Waals surface area contributed by atoms with E-state index in [-0.39, 0.29) is 38.1 Å². The monoisotopic (exact) mass is 423 g/mol. The summed E-state index contributed by atoms with van der Waals surface area (Å²) in [7, 11) is 0.922. The lowest BCUT2D eigenvalue weighted by atomic mass is 10.1. The SMILES string of the molecule is [2H]CN1Cc2cc(C(=O)NCc3nc4ccccc4[nH]3)c([2H])cc2N[C@@H](CC(=O)OC)C1=O. The van der Waals surface area contributed by atoms with E-state index in [1.54, 1.807) is 0 Å². The van der Waals surface area contributed by atoms with Gasteiger partial charge in [-0.25, -0.2) is 4.98 Å². The van der Waals surface area contributed by atoms with E-state index in [0.717, 1.165) is 11.0 Å². The van der Waals surface area contributed by atoms with E-state index in [0.29, 0.717) is 17.1 Å². The fourth-order valence-corrected chi connectivity index (χ4v) is 3.42. The first-order valence-corrected chi connectivity index (χ1v) is 9.66. The number of H-pyrrole nitrogens is 1. The topological polar surface area (TPSA) is 116 Å². The molecule has 2 aromatic carbocycles. The van der Waals surface area contributed by atoms with Crippen LogP contribution in [0.25, 0.3) is 11.0 Å². The number of aromatic nitrogens is 2. The molecule has 3 N–H and O–H groups in total. The first kappa shape index (κ1) is 17.9. The second-order valence-corrected chi connectivity index (χ2v) is 7.18. The molecule has 0 spiro atoms. The number of ether oxygens (including phenoxy) is 1. The number of imidazole rings is 1. The highest BCUT2D eigenvalue weighted by molar-refractivity contribution is 5.96. The Kier molecular flexibility index (Phi) is 4.90. The Bertz CT molecular complexity index is 1200. The molecular formula is C22H23N5O4. The number of anilines is 1. The van der Waals surface area contributed by atoms with Crippen LogP contribution in [0.4, 0.5) is 5.69 Å². The molecule has 160 valence electrons. The minimum absolute atomic E-state index is 0.0352. The number of carbonyl (C=O) groups excluding carboxylic acids is 3. The Morgan fingerprint density at radius 3 is 3.00 bits per heavy atom. The zero-order valence-electron chi connectivity index (χ0n) is 18.9. The van der Waals surface area contributed by atoms with E-state index < -0.39 is 23.8 Å². The molecule has 9 heteroatoms. The molecule has 0 saturated carbocycles. The maximum atomic E-state index is 12.8. The number of hydrogen-bond donors (Lipinski definition) is 3. The molecule has 0 fully saturated rings. The number of esters is 1. The van der Waals surface area contributed by atoms with Gasteiger partial charge in [0.2, 0.25) is 5.91 Å². The van der Waals surface area contributed by atoms with Crippen LogP contribution in [0.15, 0.2) is 42.4 Å². The fourth-order valence-electron chi connectivity index (χ4n) is 3.42. The van der Waals surface area contributed by atoms with Crippen molar-refractivity contribution in [3.05, 3.63) is 59.4 Å². The number of para-hydroxylation sites is 2. The average Bonchev–Trinajstić information content (AvgIpc) is 3.18. The van der Waals surface area contributed by atoms with Crippen molar-refractivity contribution in [2.75, 3.05) is 19.5 Å². The molecular weight excluding hydrogens is 398 g/mol. The van der Waals surface area contributed by atoms with Gasteiger partial charge in [-0.3, -0.25) is 14.4 Å². The number of hydrogen-bond acceptors (Lipinski definition) is 6. The van der Waals surface area contributed by atoms with Crippen LogP contribution in [0.3, 0.4) is 0 Å². The summed E-state index contributed by atoms with van der Waals surface area (Å²) in [6.07, 6.45) is -0.210. The summed E-state index contributed by atoms with van der Waals surface area (Å²) in [4.78, 5) is 46.1. The van der Waals surface area contributed by atoms with E-state index in [9.17, 15) is 14.4 Å². The second kappa shape index (κ2) is 8.47. The van der Waals surface area contributed by atoms with Gasteiger partial charge in [-0.15, -0.1) is 0 Å². The number of likely N-dealkylation sites (N-methyl/N-ethyl adjacent to an activating group) is 1. The minimum atomic E-state index is -0.920. The van der Waals surface area contributed by atoms with Gasteiger partial charge >= 0.3 is 5.97 Å². The highest BCUT2D eigenvalue weighted by atomic mass is 16.5. The van der Waals surface area contributed by atoms with Gasteiger partial charge in [0.25, 0.3) is 5.91 Å². The number of methoxy groups -OCH3 is 1. The minimum Gasteiger partial charge on any atom is -0.469 e. The standard InChI is InChI=1S/C22H23N5O4/c1-27-12-14-9-13(7-8-15(14)24-18(22(27)30)10-20(28)31-2)21(29)23-11-19-25-16-5-3-4-6-17(16)26-19/h3-9,18,24H,10-12H2,1-2H3,(H,23,29)(H,25,26)/t18-/m0/s1/i1D,7D. The fraction of sp³-hybridized carbons (Fsp3) is 0.273. The lowest BCUT2D eigenvalue weighted by Crippen LogP contribution is -2.39. The van der Waals surface area contributed by atoms with Gasteiger partial charge in [0.15, 0.2) is 0 Å². The Labute approximate surface area is 181 Å². The first-order valence-electron chi connectivity index (χ1n) is 10.9. The molecule has 1 aliphatic heterocycles. The number of fused-ring (bicyclic) bond motifs is 2. The largest absolute Gasteiger partial charge is 0.469 e. The Morgan fingerprint density at radius 1 is 1.39 bits per heavy atom. The maximum Gasteiger partial charge on any atom is 0.308 e. The van der Waals surface area contributed by atoms with Crippen molar-refractivity contribution in [2.45, 2.75) is 25.6 Å². The summed E-state index contributed by atoms with van der Waals surface area (Å²) in [5.41, 5.74) is 2.83. The molecule has 4 rings (SSSR count). The van der Waals surface area contributed by atoms with E-state index in [1.165, 1.54) is 24.1 Å². The number of carbonyl (C=O) groups is 3. The third kappa shape index (κ3) is 4.35. The molecule has 1 atom stereocenters. The zero-order valence-corrected chi connectivity index (χ0v) is 16.9. The Morgan fingerprint density at radius 2 is 2.23 bits per heavy atom. The summed E-state index contributed by atoms with van der Waals surface area (Å²) in [6, 6.07) is 9.56. The number of nitrogens with one attached hydrogen (secondary N) is 3. The number of rotatable bonds is 5. The zero-order chi connectivity index (χ0) is 23.5. The molecule has 0 radical (unpaired) electrons. The lowest BCUT2D eigenvalue weighted by Gasteiger charge is -2.19. The van der Waals surface area contributed by atoms with Crippen molar-refractivity contribution in [3.63, 3.8) is 0 Å². The summed E-state index contributed by atoms with van der Waals surface area (Å²) >= 11 is 0. The van der Waals surface area contributed by atoms with Crippen molar-refractivity contribution < 1.29 is 21.9 Å². The van der Waals surface area contributed by atoms with Crippen LogP contribution in [0.5, 0.6) is 0 Å². The van der Waals surface area contributed by atoms with E-state index in [1.807, 2.05) is 24.3 Å². The highest BCUT2D eigenvalue weighted by Crippen LogP contribution is 2.25. The number of amides is 2. The van der Waals surface area contributed by atoms with Crippen LogP contribution in [0.1, 0.15) is 30.9 Å². The normalized spacial score (nSPS) is 16.6. The van der Waals surface area contributed by atoms with Crippen molar-refractivity contribution in [1.82, 2.24) is 20.2 Å². The van der Waals surface area contributed by atoms with Crippen LogP contribution >= 0.6 is 0 Å². The number of aromatic amines is 1. The van der Waals surface area contributed by atoms with Crippen LogP contribution in [0, 0.1) is 0 Å². The molecule has 0 aliphatic carbocycles. The maximum absolute atomic E-state index is 12.8. The molecule has 1 aliphatic rings. The van der Waals surface area contributed by atoms with Crippen molar-refractivity contribution in [1.29, 1.82) is 0 Å². The van der Waals surface area contributed by atoms with Crippen LogP contribution < -0.4 is 10.6 Å². The van der Waals surface area contributed by atoms with Crippen LogP contribution in [-0.2, 0) is 27.4 Å². The molecule has 9 nitrogen and oxygen atoms in total. The third-order valence-electron chi connectivity index (χ3n) is 5.04. The quantitative estimate of drug-likeness (QED) is 0.539. The molecule has 0 bridgehead atoms. The van der Waals surface area contributed by atoms with Gasteiger partial charge in [-0.05, 0) is 35.9 Å². The summed E-state index contributed by atoms with van der Waals surface area (Å²) in [5.74, 6) is -0.859. The second-order valence-electron chi connectivity index (χ2n) is 7.18. The first-order chi connectivity index (χ1) is 15.9. The van der Waals surface area contributed by atoms with E-state index in [4.69, 9.17) is 2.74 Å². The molecule has 31 heavy (non-hydrogen) atoms. The molecule has 1 aromatic heterocycles. The van der Waals surface area contributed by atoms with Gasteiger partial charge in [0.1, 0.15) is 11.9 Å². The van der Waals surface area contributed by atoms with Crippen LogP contribution in [0.2, 0.25) is 0 Å². The molecule has 3 aromatic rings. The Hall–Kier alpha value is -3.88. The molecule has 2 amide bonds. The Balaban J connectivity index is 1.55. The predicted octanol–water partition coefficient (Wildman–Crippen LogP) is 1.81. The van der Waals surface area contributed by atoms with Crippen molar-refractivity contribution in [3.8, 4) is 0 Å². The predicted molar refractivity (Wildman–Crippen MR) is 114 cm³/mol. The van der Waals surface area contributed by atoms with Gasteiger partial charge in [-0.2, -0.15) is 0 Å². The van der Waals surface area contributed by atoms with Gasteiger partial charge in [0, 0.05) is 26.2 Å². The average molecular weight is 423 g/mol. The summed E-state index contributed by atoms with van der Waals surface area (Å²) < 4.78 is 20.7. The molecule has 0 unspecified atom stereocenters. The summed E-state index contributed by atoms with van der Waals surface area (Å²) in [6.45, 7) is 0.229. The number of benzene rings is 2. The highest BCUT2D eigenvalue weighted by Gasteiger charge is 2.29. The van der Waals surface area contributed by atoms with E-state index >= 15 is 0 Å². The smallest absolute Gasteiger partial charge is 0.308 e. The van der Waals surface area contributed by atoms with Crippen molar-refractivity contribution >= 4 is 34.5 Å². The van der Waals surface area contributed by atoms with Crippen LogP contribution in [-0.4, -0.2) is 52.8 Å². The summed E-state index contributed by atoms with van der Waals surface area (Å²) in [5, 5.41) is 5.74. The molecule has 2 heterocycles. The number of nitrogens with zero attached hydrogens (tertiary/aromatic N) is 2.